The minimum absolute atomic E-state index is 0.0651. The van der Waals surface area contributed by atoms with Crippen molar-refractivity contribution in [1.29, 1.82) is 0 Å². The fraction of sp³-hybridized carbons (Fsp3) is 0.640. The van der Waals surface area contributed by atoms with Crippen molar-refractivity contribution in [2.24, 2.45) is 0 Å². The van der Waals surface area contributed by atoms with Crippen molar-refractivity contribution < 1.29 is 9.53 Å². The number of benzene rings is 1. The van der Waals surface area contributed by atoms with Crippen LogP contribution in [0.4, 0.5) is 0 Å². The Kier molecular flexibility index (Phi) is 12.3. The summed E-state index contributed by atoms with van der Waals surface area (Å²) in [5.41, 5.74) is 0.690. The number of carbonyl (C=O) groups excluding carboxylic acids is 1. The molecule has 0 spiro atoms. The second-order valence-corrected chi connectivity index (χ2v) is 8.54. The smallest absolute Gasteiger partial charge is 0.336 e. The minimum Gasteiger partial charge on any atom is -0.462 e. The van der Waals surface area contributed by atoms with E-state index >= 15 is 0 Å². The van der Waals surface area contributed by atoms with Crippen LogP contribution in [0.25, 0.3) is 11.4 Å². The molecule has 0 aliphatic heterocycles. The molecule has 0 unspecified atom stereocenters. The molecule has 0 saturated carbocycles. The Balaban J connectivity index is 1.80. The summed E-state index contributed by atoms with van der Waals surface area (Å²) in [5, 5.41) is 4.85. The Hall–Kier alpha value is -1.88. The van der Waals surface area contributed by atoms with Crippen molar-refractivity contribution >= 4 is 17.5 Å². The summed E-state index contributed by atoms with van der Waals surface area (Å²) >= 11 is 6.34. The quantitative estimate of drug-likeness (QED) is 0.247. The highest BCUT2D eigenvalue weighted by Gasteiger charge is 2.20. The van der Waals surface area contributed by atoms with Crippen LogP contribution in [0.3, 0.4) is 0 Å². The molecule has 0 amide bonds. The van der Waals surface area contributed by atoms with Gasteiger partial charge in [0.1, 0.15) is 0 Å². The van der Waals surface area contributed by atoms with Gasteiger partial charge in [-0.05, 0) is 25.0 Å². The Bertz CT molecular complexity index is 776. The molecule has 0 saturated heterocycles. The van der Waals surface area contributed by atoms with Gasteiger partial charge < -0.3 is 4.74 Å². The molecule has 2 aromatic rings. The normalized spacial score (nSPS) is 11.1. The number of hydrogen-bond donors (Lipinski definition) is 0. The Morgan fingerprint density at radius 1 is 0.903 bits per heavy atom. The maximum Gasteiger partial charge on any atom is 0.336 e. The van der Waals surface area contributed by atoms with Gasteiger partial charge in [0.05, 0.1) is 11.6 Å². The van der Waals surface area contributed by atoms with Gasteiger partial charge in [-0.2, -0.15) is 9.67 Å². The van der Waals surface area contributed by atoms with Crippen LogP contribution in [0.5, 0.6) is 6.01 Å². The highest BCUT2D eigenvalue weighted by molar-refractivity contribution is 6.33. The number of rotatable bonds is 16. The van der Waals surface area contributed by atoms with E-state index < -0.39 is 0 Å². The van der Waals surface area contributed by atoms with Gasteiger partial charge in [-0.15, -0.1) is 5.10 Å². The lowest BCUT2D eigenvalue weighted by Gasteiger charge is -2.06. The average Bonchev–Trinajstić information content (AvgIpc) is 3.20. The summed E-state index contributed by atoms with van der Waals surface area (Å²) in [4.78, 5) is 17.3. The van der Waals surface area contributed by atoms with E-state index in [-0.39, 0.29) is 11.9 Å². The van der Waals surface area contributed by atoms with Crippen molar-refractivity contribution in [3.8, 4) is 17.4 Å². The standard InChI is InChI=1S/C25H38ClN3O2/c1-3-5-6-7-8-9-10-11-12-13-14-19-23(30)29-24(21-17-15-16-18-22(21)26)27-25(28-29)31-20-4-2/h15-18H,3-14,19-20H2,1-2H3. The summed E-state index contributed by atoms with van der Waals surface area (Å²) in [6, 6.07) is 7.59. The zero-order valence-corrected chi connectivity index (χ0v) is 20.0. The first-order valence-corrected chi connectivity index (χ1v) is 12.4. The fourth-order valence-electron chi connectivity index (χ4n) is 3.58. The molecule has 0 radical (unpaired) electrons. The van der Waals surface area contributed by atoms with Gasteiger partial charge >= 0.3 is 6.01 Å². The van der Waals surface area contributed by atoms with Crippen LogP contribution in [0.2, 0.25) is 5.02 Å². The summed E-state index contributed by atoms with van der Waals surface area (Å²) in [7, 11) is 0. The first-order valence-electron chi connectivity index (χ1n) is 12.0. The second kappa shape index (κ2) is 15.0. The Labute approximate surface area is 192 Å². The molecule has 172 valence electrons. The van der Waals surface area contributed by atoms with Crippen LogP contribution in [-0.2, 0) is 0 Å². The molecule has 31 heavy (non-hydrogen) atoms. The second-order valence-electron chi connectivity index (χ2n) is 8.14. The van der Waals surface area contributed by atoms with Crippen molar-refractivity contribution in [2.75, 3.05) is 6.61 Å². The molecule has 6 heteroatoms. The average molecular weight is 448 g/mol. The van der Waals surface area contributed by atoms with Gasteiger partial charge in [-0.1, -0.05) is 102 Å². The Morgan fingerprint density at radius 3 is 2.13 bits per heavy atom. The van der Waals surface area contributed by atoms with Gasteiger partial charge in [0.25, 0.3) is 0 Å². The molecule has 0 bridgehead atoms. The first kappa shape index (κ1) is 25.4. The molecular formula is C25H38ClN3O2. The van der Waals surface area contributed by atoms with Gasteiger partial charge in [-0.25, -0.2) is 0 Å². The summed E-state index contributed by atoms with van der Waals surface area (Å²) in [5.74, 6) is 0.384. The van der Waals surface area contributed by atoms with Gasteiger partial charge in [-0.3, -0.25) is 4.79 Å². The van der Waals surface area contributed by atoms with Crippen LogP contribution in [0, 0.1) is 0 Å². The number of hydrogen-bond acceptors (Lipinski definition) is 4. The minimum atomic E-state index is -0.0651. The van der Waals surface area contributed by atoms with Crippen LogP contribution >= 0.6 is 11.6 Å². The molecule has 1 heterocycles. The molecule has 0 aliphatic rings. The van der Waals surface area contributed by atoms with E-state index in [1.807, 2.05) is 25.1 Å². The van der Waals surface area contributed by atoms with Gasteiger partial charge in [0.2, 0.25) is 5.91 Å². The van der Waals surface area contributed by atoms with Crippen LogP contribution in [-0.4, -0.2) is 27.3 Å². The summed E-state index contributed by atoms with van der Waals surface area (Å²) in [6.45, 7) is 4.78. The molecule has 0 fully saturated rings. The number of unbranched alkanes of at least 4 members (excludes halogenated alkanes) is 10. The van der Waals surface area contributed by atoms with Crippen molar-refractivity contribution in [1.82, 2.24) is 14.8 Å². The molecule has 1 aromatic carbocycles. The van der Waals surface area contributed by atoms with Crippen molar-refractivity contribution in [3.63, 3.8) is 0 Å². The van der Waals surface area contributed by atoms with Crippen molar-refractivity contribution in [2.45, 2.75) is 97.3 Å². The third-order valence-corrected chi connectivity index (χ3v) is 5.70. The molecule has 0 atom stereocenters. The third-order valence-electron chi connectivity index (χ3n) is 5.37. The zero-order valence-electron chi connectivity index (χ0n) is 19.2. The largest absolute Gasteiger partial charge is 0.462 e. The van der Waals surface area contributed by atoms with E-state index in [0.29, 0.717) is 29.4 Å². The summed E-state index contributed by atoms with van der Waals surface area (Å²) in [6.07, 6.45) is 15.1. The summed E-state index contributed by atoms with van der Waals surface area (Å²) < 4.78 is 6.92. The van der Waals surface area contributed by atoms with Crippen LogP contribution in [0.15, 0.2) is 24.3 Å². The maximum absolute atomic E-state index is 12.9. The first-order chi connectivity index (χ1) is 15.2. The predicted molar refractivity (Wildman–Crippen MR) is 128 cm³/mol. The Morgan fingerprint density at radius 2 is 1.52 bits per heavy atom. The number of nitrogens with zero attached hydrogens (tertiary/aromatic N) is 3. The van der Waals surface area contributed by atoms with E-state index in [1.165, 1.54) is 62.5 Å². The third kappa shape index (κ3) is 9.02. The van der Waals surface area contributed by atoms with E-state index in [0.717, 1.165) is 19.3 Å². The molecule has 2 rings (SSSR count). The lowest BCUT2D eigenvalue weighted by atomic mass is 10.1. The SMILES string of the molecule is CCCCCCCCCCCCCC(=O)n1nc(OCCC)nc1-c1ccccc1Cl. The fourth-order valence-corrected chi connectivity index (χ4v) is 3.81. The topological polar surface area (TPSA) is 57.0 Å². The van der Waals surface area contributed by atoms with Gasteiger partial charge in [0.15, 0.2) is 5.82 Å². The monoisotopic (exact) mass is 447 g/mol. The van der Waals surface area contributed by atoms with E-state index in [2.05, 4.69) is 17.0 Å². The number of carbonyl (C=O) groups is 1. The molecule has 5 nitrogen and oxygen atoms in total. The lowest BCUT2D eigenvalue weighted by molar-refractivity contribution is 0.0882. The molecule has 1 aromatic heterocycles. The number of ether oxygens (including phenoxy) is 1. The lowest BCUT2D eigenvalue weighted by Crippen LogP contribution is -2.14. The van der Waals surface area contributed by atoms with Crippen LogP contribution in [0.1, 0.15) is 102 Å². The van der Waals surface area contributed by atoms with Gasteiger partial charge in [0, 0.05) is 12.0 Å². The maximum atomic E-state index is 12.9. The van der Waals surface area contributed by atoms with E-state index in [4.69, 9.17) is 16.3 Å². The number of halogens is 1. The zero-order chi connectivity index (χ0) is 22.3. The highest BCUT2D eigenvalue weighted by Crippen LogP contribution is 2.28. The molecular weight excluding hydrogens is 410 g/mol. The number of aromatic nitrogens is 3. The van der Waals surface area contributed by atoms with Crippen molar-refractivity contribution in [3.05, 3.63) is 29.3 Å². The molecule has 0 N–H and O–H groups in total. The highest BCUT2D eigenvalue weighted by atomic mass is 35.5. The van der Waals surface area contributed by atoms with E-state index in [9.17, 15) is 4.79 Å². The predicted octanol–water partition coefficient (Wildman–Crippen LogP) is 7.73. The van der Waals surface area contributed by atoms with E-state index in [1.54, 1.807) is 6.07 Å². The molecule has 0 aliphatic carbocycles. The van der Waals surface area contributed by atoms with Crippen LogP contribution < -0.4 is 4.74 Å².